The SMILES string of the molecule is CC(=O)/C=C\C=C(/C)C(O)C1OC(C)C(O)C1O. The minimum absolute atomic E-state index is 0.0882. The molecule has 5 nitrogen and oxygen atoms in total. The van der Waals surface area contributed by atoms with Crippen LogP contribution < -0.4 is 0 Å². The molecular weight excluding hydrogens is 236 g/mol. The third-order valence-corrected chi connectivity index (χ3v) is 3.01. The number of allylic oxidation sites excluding steroid dienone is 3. The molecule has 0 aromatic rings. The first-order valence-corrected chi connectivity index (χ1v) is 5.89. The second-order valence-electron chi connectivity index (χ2n) is 4.61. The molecule has 3 N–H and O–H groups in total. The van der Waals surface area contributed by atoms with E-state index in [2.05, 4.69) is 0 Å². The van der Waals surface area contributed by atoms with Crippen LogP contribution >= 0.6 is 0 Å². The number of hydrogen-bond donors (Lipinski definition) is 3. The number of carbonyl (C=O) groups is 1. The van der Waals surface area contributed by atoms with Gasteiger partial charge in [-0.15, -0.1) is 0 Å². The molecule has 1 rings (SSSR count). The predicted octanol–water partition coefficient (Wildman–Crippen LogP) is -0.0521. The minimum Gasteiger partial charge on any atom is -0.388 e. The van der Waals surface area contributed by atoms with Crippen molar-refractivity contribution in [3.8, 4) is 0 Å². The van der Waals surface area contributed by atoms with Crippen molar-refractivity contribution in [2.75, 3.05) is 0 Å². The first-order chi connectivity index (χ1) is 8.34. The first kappa shape index (κ1) is 15.0. The highest BCUT2D eigenvalue weighted by molar-refractivity contribution is 5.87. The molecule has 0 saturated carbocycles. The second kappa shape index (κ2) is 6.24. The molecule has 1 aliphatic rings. The number of aliphatic hydroxyl groups is 3. The van der Waals surface area contributed by atoms with Crippen molar-refractivity contribution in [2.45, 2.75) is 51.3 Å². The second-order valence-corrected chi connectivity index (χ2v) is 4.61. The lowest BCUT2D eigenvalue weighted by molar-refractivity contribution is -0.112. The first-order valence-electron chi connectivity index (χ1n) is 5.89. The molecule has 102 valence electrons. The Morgan fingerprint density at radius 2 is 1.89 bits per heavy atom. The van der Waals surface area contributed by atoms with E-state index in [1.165, 1.54) is 19.1 Å². The number of ether oxygens (including phenoxy) is 1. The fourth-order valence-electron chi connectivity index (χ4n) is 1.84. The van der Waals surface area contributed by atoms with Gasteiger partial charge in [-0.2, -0.15) is 0 Å². The Labute approximate surface area is 106 Å². The van der Waals surface area contributed by atoms with Crippen molar-refractivity contribution < 1.29 is 24.9 Å². The van der Waals surface area contributed by atoms with Crippen LogP contribution in [0.25, 0.3) is 0 Å². The third kappa shape index (κ3) is 3.49. The van der Waals surface area contributed by atoms with Crippen LogP contribution in [0.5, 0.6) is 0 Å². The zero-order chi connectivity index (χ0) is 13.9. The number of rotatable bonds is 4. The predicted molar refractivity (Wildman–Crippen MR) is 65.9 cm³/mol. The smallest absolute Gasteiger partial charge is 0.152 e. The van der Waals surface area contributed by atoms with Crippen LogP contribution in [0.1, 0.15) is 20.8 Å². The van der Waals surface area contributed by atoms with Gasteiger partial charge in [0.15, 0.2) is 5.78 Å². The van der Waals surface area contributed by atoms with Gasteiger partial charge in [0.05, 0.1) is 6.10 Å². The zero-order valence-corrected chi connectivity index (χ0v) is 10.8. The number of carbonyl (C=O) groups excluding carboxylic acids is 1. The topological polar surface area (TPSA) is 87.0 Å². The van der Waals surface area contributed by atoms with E-state index in [0.29, 0.717) is 5.57 Å². The van der Waals surface area contributed by atoms with Gasteiger partial charge >= 0.3 is 0 Å². The molecule has 0 aliphatic carbocycles. The van der Waals surface area contributed by atoms with Gasteiger partial charge in [0, 0.05) is 0 Å². The van der Waals surface area contributed by atoms with Crippen molar-refractivity contribution in [2.24, 2.45) is 0 Å². The molecule has 1 heterocycles. The van der Waals surface area contributed by atoms with Crippen molar-refractivity contribution in [1.82, 2.24) is 0 Å². The summed E-state index contributed by atoms with van der Waals surface area (Å²) in [5.41, 5.74) is 0.554. The lowest BCUT2D eigenvalue weighted by Crippen LogP contribution is -2.39. The summed E-state index contributed by atoms with van der Waals surface area (Å²) in [7, 11) is 0. The maximum atomic E-state index is 10.7. The van der Waals surface area contributed by atoms with Crippen molar-refractivity contribution in [1.29, 1.82) is 0 Å². The van der Waals surface area contributed by atoms with Crippen LogP contribution in [0, 0.1) is 0 Å². The average molecular weight is 256 g/mol. The summed E-state index contributed by atoms with van der Waals surface area (Å²) < 4.78 is 5.31. The van der Waals surface area contributed by atoms with Gasteiger partial charge in [0.2, 0.25) is 0 Å². The van der Waals surface area contributed by atoms with Gasteiger partial charge in [-0.25, -0.2) is 0 Å². The monoisotopic (exact) mass is 256 g/mol. The Morgan fingerprint density at radius 1 is 1.28 bits per heavy atom. The standard InChI is InChI=1S/C13H20O5/c1-7(5-4-6-8(2)14)10(15)13-12(17)11(16)9(3)18-13/h4-6,9-13,15-17H,1-3H3/b6-4-,7-5+. The molecule has 0 amide bonds. The van der Waals surface area contributed by atoms with Crippen molar-refractivity contribution in [3.63, 3.8) is 0 Å². The molecule has 0 aromatic heterocycles. The molecule has 5 atom stereocenters. The maximum Gasteiger partial charge on any atom is 0.152 e. The summed E-state index contributed by atoms with van der Waals surface area (Å²) >= 11 is 0. The number of aliphatic hydroxyl groups excluding tert-OH is 3. The van der Waals surface area contributed by atoms with Gasteiger partial charge in [-0.1, -0.05) is 12.2 Å². The highest BCUT2D eigenvalue weighted by atomic mass is 16.6. The molecule has 1 fully saturated rings. The lowest BCUT2D eigenvalue weighted by atomic mass is 9.99. The fourth-order valence-corrected chi connectivity index (χ4v) is 1.84. The maximum absolute atomic E-state index is 10.7. The van der Waals surface area contributed by atoms with E-state index < -0.39 is 30.5 Å². The van der Waals surface area contributed by atoms with Crippen LogP contribution in [0.4, 0.5) is 0 Å². The van der Waals surface area contributed by atoms with E-state index in [1.54, 1.807) is 19.9 Å². The lowest BCUT2D eigenvalue weighted by Gasteiger charge is -2.21. The zero-order valence-electron chi connectivity index (χ0n) is 10.8. The van der Waals surface area contributed by atoms with E-state index in [9.17, 15) is 20.1 Å². The van der Waals surface area contributed by atoms with Crippen LogP contribution in [-0.4, -0.2) is 51.6 Å². The normalized spacial score (nSPS) is 35.1. The van der Waals surface area contributed by atoms with E-state index in [1.807, 2.05) is 0 Å². The van der Waals surface area contributed by atoms with Crippen molar-refractivity contribution >= 4 is 5.78 Å². The quantitative estimate of drug-likeness (QED) is 0.485. The Morgan fingerprint density at radius 3 is 2.33 bits per heavy atom. The summed E-state index contributed by atoms with van der Waals surface area (Å²) in [5.74, 6) is -0.0882. The van der Waals surface area contributed by atoms with Gasteiger partial charge in [0.25, 0.3) is 0 Å². The van der Waals surface area contributed by atoms with E-state index >= 15 is 0 Å². The van der Waals surface area contributed by atoms with E-state index in [-0.39, 0.29) is 5.78 Å². The van der Waals surface area contributed by atoms with Gasteiger partial charge in [-0.05, 0) is 32.4 Å². The average Bonchev–Trinajstić information content (AvgIpc) is 2.55. The Kier molecular flexibility index (Phi) is 5.22. The molecule has 5 heteroatoms. The summed E-state index contributed by atoms with van der Waals surface area (Å²) in [6.45, 7) is 4.73. The fraction of sp³-hybridized carbons (Fsp3) is 0.615. The third-order valence-electron chi connectivity index (χ3n) is 3.01. The summed E-state index contributed by atoms with van der Waals surface area (Å²) in [5, 5.41) is 29.3. The van der Waals surface area contributed by atoms with Crippen LogP contribution in [0.15, 0.2) is 23.8 Å². The largest absolute Gasteiger partial charge is 0.388 e. The molecule has 1 saturated heterocycles. The molecule has 0 spiro atoms. The number of hydrogen-bond acceptors (Lipinski definition) is 5. The highest BCUT2D eigenvalue weighted by Gasteiger charge is 2.44. The minimum atomic E-state index is -1.12. The van der Waals surface area contributed by atoms with Gasteiger partial charge in [-0.3, -0.25) is 4.79 Å². The number of ketones is 1. The van der Waals surface area contributed by atoms with Crippen LogP contribution in [0.2, 0.25) is 0 Å². The summed E-state index contributed by atoms with van der Waals surface area (Å²) in [6, 6.07) is 0. The Balaban J connectivity index is 2.70. The molecule has 0 radical (unpaired) electrons. The van der Waals surface area contributed by atoms with Gasteiger partial charge < -0.3 is 20.1 Å². The van der Waals surface area contributed by atoms with Gasteiger partial charge in [0.1, 0.15) is 24.4 Å². The van der Waals surface area contributed by atoms with Crippen LogP contribution in [-0.2, 0) is 9.53 Å². The van der Waals surface area contributed by atoms with E-state index in [0.717, 1.165) is 0 Å². The van der Waals surface area contributed by atoms with Crippen molar-refractivity contribution in [3.05, 3.63) is 23.8 Å². The summed E-state index contributed by atoms with van der Waals surface area (Å²) in [6.07, 6.45) is -0.00657. The highest BCUT2D eigenvalue weighted by Crippen LogP contribution is 2.26. The molecule has 1 aliphatic heterocycles. The Bertz CT molecular complexity index is 360. The van der Waals surface area contributed by atoms with E-state index in [4.69, 9.17) is 4.74 Å². The van der Waals surface area contributed by atoms with Crippen LogP contribution in [0.3, 0.4) is 0 Å². The summed E-state index contributed by atoms with van der Waals surface area (Å²) in [4.78, 5) is 10.7. The molecule has 5 unspecified atom stereocenters. The Hall–Kier alpha value is -1.01. The molecular formula is C13H20O5. The molecule has 18 heavy (non-hydrogen) atoms. The molecule has 0 aromatic carbocycles. The molecule has 0 bridgehead atoms.